The molecule has 8 bridgehead atoms. The second-order valence-electron chi connectivity index (χ2n) is 14.7. The van der Waals surface area contributed by atoms with Crippen molar-refractivity contribution in [3.8, 4) is 5.75 Å². The summed E-state index contributed by atoms with van der Waals surface area (Å²) in [6.07, 6.45) is 18.2. The third-order valence-corrected chi connectivity index (χ3v) is 11.8. The van der Waals surface area contributed by atoms with E-state index in [0.29, 0.717) is 22.9 Å². The quantitative estimate of drug-likeness (QED) is 0.409. The Bertz CT molecular complexity index is 914. The van der Waals surface area contributed by atoms with Gasteiger partial charge >= 0.3 is 0 Å². The summed E-state index contributed by atoms with van der Waals surface area (Å²) in [7, 11) is 0. The van der Waals surface area contributed by atoms with Gasteiger partial charge in [-0.2, -0.15) is 0 Å². The van der Waals surface area contributed by atoms with E-state index in [9.17, 15) is 0 Å². The van der Waals surface area contributed by atoms with Gasteiger partial charge in [0.2, 0.25) is 0 Å². The summed E-state index contributed by atoms with van der Waals surface area (Å²) in [5.41, 5.74) is 5.83. The number of ether oxygens (including phenoxy) is 2. The molecule has 0 amide bonds. The molecule has 2 heteroatoms. The summed E-state index contributed by atoms with van der Waals surface area (Å²) < 4.78 is 12.5. The second kappa shape index (κ2) is 7.27. The number of hydrogen-bond acceptors (Lipinski definition) is 2. The van der Waals surface area contributed by atoms with Gasteiger partial charge in [0.05, 0.1) is 6.61 Å². The van der Waals surface area contributed by atoms with Crippen LogP contribution < -0.4 is 4.74 Å². The lowest BCUT2D eigenvalue weighted by molar-refractivity contribution is -0.0185. The molecule has 8 saturated carbocycles. The van der Waals surface area contributed by atoms with Gasteiger partial charge in [-0.1, -0.05) is 26.0 Å². The highest BCUT2D eigenvalue weighted by Crippen LogP contribution is 2.67. The molecular formula is C32H44O2. The minimum absolute atomic E-state index is 0.326. The van der Waals surface area contributed by atoms with Crippen LogP contribution in [-0.4, -0.2) is 19.3 Å². The summed E-state index contributed by atoms with van der Waals surface area (Å²) in [6, 6.07) is 5.17. The average Bonchev–Trinajstić information content (AvgIpc) is 3.59. The van der Waals surface area contributed by atoms with E-state index in [0.717, 1.165) is 48.7 Å². The maximum absolute atomic E-state index is 6.92. The Morgan fingerprint density at radius 1 is 0.765 bits per heavy atom. The standard InChI is InChI=1S/C32H44O2/c1-19(2)27-3-4-28(31-11-20-5-21(12-31)7-22(6-20)13-31)29(30(27)34-18-26-17-33-26)32-14-23-8-24(15-32)10-25(9-23)16-32/h3-4,19-26H,5-18H2,1-2H3. The van der Waals surface area contributed by atoms with E-state index >= 15 is 0 Å². The lowest BCUT2D eigenvalue weighted by Crippen LogP contribution is -2.52. The Morgan fingerprint density at radius 3 is 1.68 bits per heavy atom. The number of hydrogen-bond donors (Lipinski definition) is 0. The molecule has 184 valence electrons. The Hall–Kier alpha value is -1.02. The van der Waals surface area contributed by atoms with Gasteiger partial charge in [0, 0.05) is 11.0 Å². The van der Waals surface area contributed by atoms with Gasteiger partial charge in [0.1, 0.15) is 18.5 Å². The maximum atomic E-state index is 6.92. The van der Waals surface area contributed by atoms with Crippen LogP contribution in [0, 0.1) is 35.5 Å². The van der Waals surface area contributed by atoms with E-state index in [4.69, 9.17) is 9.47 Å². The molecule has 1 aromatic carbocycles. The third kappa shape index (κ3) is 3.15. The highest BCUT2D eigenvalue weighted by molar-refractivity contribution is 5.56. The SMILES string of the molecule is CC(C)c1ccc(C23CC4CC(CC(C4)C2)C3)c(C23CC4CC(CC(C4)C2)C3)c1OCC1CO1. The first-order chi connectivity index (χ1) is 16.5. The second-order valence-corrected chi connectivity index (χ2v) is 14.7. The van der Waals surface area contributed by atoms with Crippen LogP contribution in [0.15, 0.2) is 12.1 Å². The lowest BCUT2D eigenvalue weighted by Gasteiger charge is -2.61. The van der Waals surface area contributed by atoms with Crippen molar-refractivity contribution in [1.29, 1.82) is 0 Å². The van der Waals surface area contributed by atoms with Gasteiger partial charge in [0.25, 0.3) is 0 Å². The summed E-state index contributed by atoms with van der Waals surface area (Å²) in [6.45, 7) is 6.40. The molecular weight excluding hydrogens is 416 g/mol. The van der Waals surface area contributed by atoms with E-state index in [2.05, 4.69) is 26.0 Å². The van der Waals surface area contributed by atoms with E-state index in [1.54, 1.807) is 11.1 Å². The Kier molecular flexibility index (Phi) is 4.51. The zero-order valence-corrected chi connectivity index (χ0v) is 21.5. The lowest BCUT2D eigenvalue weighted by atomic mass is 9.44. The number of benzene rings is 1. The molecule has 1 atom stereocenters. The maximum Gasteiger partial charge on any atom is 0.126 e. The zero-order chi connectivity index (χ0) is 22.7. The Morgan fingerprint density at radius 2 is 1.24 bits per heavy atom. The number of epoxide rings is 1. The van der Waals surface area contributed by atoms with Crippen LogP contribution in [0.3, 0.4) is 0 Å². The topological polar surface area (TPSA) is 21.8 Å². The molecule has 0 aromatic heterocycles. The van der Waals surface area contributed by atoms with Gasteiger partial charge < -0.3 is 9.47 Å². The molecule has 2 nitrogen and oxygen atoms in total. The van der Waals surface area contributed by atoms with E-state index in [-0.39, 0.29) is 0 Å². The first-order valence-corrected chi connectivity index (χ1v) is 14.9. The molecule has 34 heavy (non-hydrogen) atoms. The van der Waals surface area contributed by atoms with Crippen LogP contribution >= 0.6 is 0 Å². The molecule has 10 rings (SSSR count). The van der Waals surface area contributed by atoms with Crippen molar-refractivity contribution in [2.24, 2.45) is 35.5 Å². The molecule has 9 fully saturated rings. The van der Waals surface area contributed by atoms with Crippen molar-refractivity contribution in [2.75, 3.05) is 13.2 Å². The molecule has 0 N–H and O–H groups in total. The highest BCUT2D eigenvalue weighted by atomic mass is 16.6. The van der Waals surface area contributed by atoms with E-state index < -0.39 is 0 Å². The molecule has 0 radical (unpaired) electrons. The first-order valence-electron chi connectivity index (χ1n) is 14.9. The predicted octanol–water partition coefficient (Wildman–Crippen LogP) is 7.52. The largest absolute Gasteiger partial charge is 0.490 e. The molecule has 0 spiro atoms. The average molecular weight is 461 g/mol. The van der Waals surface area contributed by atoms with Crippen LogP contribution in [0.5, 0.6) is 5.75 Å². The van der Waals surface area contributed by atoms with Crippen LogP contribution in [0.2, 0.25) is 0 Å². The van der Waals surface area contributed by atoms with Crippen molar-refractivity contribution in [3.63, 3.8) is 0 Å². The molecule has 9 aliphatic rings. The van der Waals surface area contributed by atoms with Crippen LogP contribution in [0.1, 0.15) is 114 Å². The third-order valence-electron chi connectivity index (χ3n) is 11.8. The molecule has 8 aliphatic carbocycles. The van der Waals surface area contributed by atoms with Crippen molar-refractivity contribution >= 4 is 0 Å². The van der Waals surface area contributed by atoms with Gasteiger partial charge in [-0.05, 0) is 135 Å². The molecule has 1 heterocycles. The van der Waals surface area contributed by atoms with Crippen molar-refractivity contribution in [2.45, 2.75) is 114 Å². The fraction of sp³-hybridized carbons (Fsp3) is 0.812. The van der Waals surface area contributed by atoms with Crippen LogP contribution in [0.25, 0.3) is 0 Å². The predicted molar refractivity (Wildman–Crippen MR) is 135 cm³/mol. The van der Waals surface area contributed by atoms with Crippen LogP contribution in [0.4, 0.5) is 0 Å². The smallest absolute Gasteiger partial charge is 0.126 e. The fourth-order valence-electron chi connectivity index (χ4n) is 11.4. The van der Waals surface area contributed by atoms with E-state index in [1.807, 2.05) is 0 Å². The molecule has 1 unspecified atom stereocenters. The van der Waals surface area contributed by atoms with Gasteiger partial charge in [-0.3, -0.25) is 0 Å². The molecule has 1 aliphatic heterocycles. The number of rotatable bonds is 6. The van der Waals surface area contributed by atoms with Crippen molar-refractivity contribution < 1.29 is 9.47 Å². The summed E-state index contributed by atoms with van der Waals surface area (Å²) >= 11 is 0. The van der Waals surface area contributed by atoms with E-state index in [1.165, 1.54) is 88.4 Å². The van der Waals surface area contributed by atoms with Crippen molar-refractivity contribution in [3.05, 3.63) is 28.8 Å². The van der Waals surface area contributed by atoms with Crippen LogP contribution in [-0.2, 0) is 15.6 Å². The molecule has 1 saturated heterocycles. The monoisotopic (exact) mass is 460 g/mol. The van der Waals surface area contributed by atoms with Gasteiger partial charge in [-0.15, -0.1) is 0 Å². The Balaban J connectivity index is 1.32. The normalized spacial score (nSPS) is 47.6. The highest BCUT2D eigenvalue weighted by Gasteiger charge is 2.57. The minimum atomic E-state index is 0.326. The summed E-state index contributed by atoms with van der Waals surface area (Å²) in [4.78, 5) is 0. The minimum Gasteiger partial charge on any atom is -0.490 e. The van der Waals surface area contributed by atoms with Crippen molar-refractivity contribution in [1.82, 2.24) is 0 Å². The summed E-state index contributed by atoms with van der Waals surface area (Å²) in [5, 5.41) is 0. The summed E-state index contributed by atoms with van der Waals surface area (Å²) in [5.74, 6) is 7.72. The van der Waals surface area contributed by atoms with Gasteiger partial charge in [-0.25, -0.2) is 0 Å². The zero-order valence-electron chi connectivity index (χ0n) is 21.5. The fourth-order valence-corrected chi connectivity index (χ4v) is 11.4. The Labute approximate surface area is 206 Å². The first kappa shape index (κ1) is 21.1. The molecule has 1 aromatic rings. The van der Waals surface area contributed by atoms with Gasteiger partial charge in [0.15, 0.2) is 0 Å².